The van der Waals surface area contributed by atoms with E-state index in [0.717, 1.165) is 5.56 Å². The van der Waals surface area contributed by atoms with Crippen molar-refractivity contribution in [3.8, 4) is 23.0 Å². The molecule has 0 radical (unpaired) electrons. The van der Waals surface area contributed by atoms with Gasteiger partial charge < -0.3 is 19.4 Å². The van der Waals surface area contributed by atoms with Crippen molar-refractivity contribution in [1.82, 2.24) is 4.98 Å². The fourth-order valence-corrected chi connectivity index (χ4v) is 4.32. The molecule has 0 aliphatic carbocycles. The Bertz CT molecular complexity index is 1590. The lowest BCUT2D eigenvalue weighted by atomic mass is 10.0. The monoisotopic (exact) mass is 487 g/mol. The van der Waals surface area contributed by atoms with Crippen LogP contribution in [0.15, 0.2) is 114 Å². The van der Waals surface area contributed by atoms with Crippen molar-refractivity contribution in [2.75, 3.05) is 10.2 Å². The average Bonchev–Trinajstić information content (AvgIpc) is 3.42. The van der Waals surface area contributed by atoms with Crippen LogP contribution in [0.4, 0.5) is 11.4 Å². The third-order valence-corrected chi connectivity index (χ3v) is 6.13. The molecule has 0 fully saturated rings. The number of carbonyl (C=O) groups is 2. The molecule has 0 bridgehead atoms. The van der Waals surface area contributed by atoms with Gasteiger partial charge in [0.25, 0.3) is 11.8 Å². The largest absolute Gasteiger partial charge is 0.464 e. The van der Waals surface area contributed by atoms with Crippen LogP contribution in [0.25, 0.3) is 11.3 Å². The molecule has 0 spiro atoms. The summed E-state index contributed by atoms with van der Waals surface area (Å²) < 4.78 is 11.5. The van der Waals surface area contributed by atoms with E-state index in [2.05, 4.69) is 10.3 Å². The highest BCUT2D eigenvalue weighted by Crippen LogP contribution is 2.38. The van der Waals surface area contributed by atoms with Gasteiger partial charge in [-0.05, 0) is 60.7 Å². The van der Waals surface area contributed by atoms with E-state index < -0.39 is 0 Å². The van der Waals surface area contributed by atoms with Gasteiger partial charge in [0.15, 0.2) is 5.75 Å². The van der Waals surface area contributed by atoms with E-state index in [1.54, 1.807) is 59.8 Å². The number of rotatable bonds is 4. The van der Waals surface area contributed by atoms with E-state index in [0.29, 0.717) is 52.0 Å². The second kappa shape index (κ2) is 9.47. The predicted octanol–water partition coefficient (Wildman–Crippen LogP) is 6.55. The van der Waals surface area contributed by atoms with Gasteiger partial charge in [0.2, 0.25) is 5.88 Å². The number of fused-ring (bicyclic) bond motifs is 2. The Morgan fingerprint density at radius 2 is 1.65 bits per heavy atom. The molecule has 7 nitrogen and oxygen atoms in total. The number of amides is 2. The number of aromatic nitrogens is 1. The number of nitrogens with zero attached hydrogens (tertiary/aromatic N) is 2. The van der Waals surface area contributed by atoms with E-state index >= 15 is 0 Å². The first-order valence-corrected chi connectivity index (χ1v) is 11.7. The SMILES string of the molecule is O=C(Nc1ccc(C(=O)N2Cc3cccnc3Oc3ccccc32)cc1)c1ccccc1-c1ccco1. The highest BCUT2D eigenvalue weighted by molar-refractivity contribution is 6.09. The van der Waals surface area contributed by atoms with Crippen LogP contribution in [0.1, 0.15) is 26.3 Å². The van der Waals surface area contributed by atoms with Gasteiger partial charge in [0.1, 0.15) is 5.76 Å². The lowest BCUT2D eigenvalue weighted by molar-refractivity contribution is 0.0984. The summed E-state index contributed by atoms with van der Waals surface area (Å²) in [4.78, 5) is 32.7. The van der Waals surface area contributed by atoms with E-state index in [4.69, 9.17) is 9.15 Å². The fraction of sp³-hybridized carbons (Fsp3) is 0.0333. The first kappa shape index (κ1) is 22.3. The summed E-state index contributed by atoms with van der Waals surface area (Å²) in [6.45, 7) is 0.321. The molecule has 0 atom stereocenters. The Morgan fingerprint density at radius 1 is 0.838 bits per heavy atom. The number of ether oxygens (including phenoxy) is 1. The van der Waals surface area contributed by atoms with Crippen LogP contribution in [-0.2, 0) is 6.54 Å². The average molecular weight is 488 g/mol. The van der Waals surface area contributed by atoms with Gasteiger partial charge in [0, 0.05) is 28.6 Å². The third-order valence-electron chi connectivity index (χ3n) is 6.13. The van der Waals surface area contributed by atoms with Crippen molar-refractivity contribution in [2.45, 2.75) is 6.54 Å². The molecule has 37 heavy (non-hydrogen) atoms. The minimum Gasteiger partial charge on any atom is -0.464 e. The highest BCUT2D eigenvalue weighted by Gasteiger charge is 2.26. The van der Waals surface area contributed by atoms with Gasteiger partial charge in [-0.2, -0.15) is 0 Å². The molecule has 0 saturated heterocycles. The highest BCUT2D eigenvalue weighted by atomic mass is 16.5. The van der Waals surface area contributed by atoms with E-state index in [9.17, 15) is 9.59 Å². The molecular weight excluding hydrogens is 466 g/mol. The van der Waals surface area contributed by atoms with Crippen LogP contribution >= 0.6 is 0 Å². The van der Waals surface area contributed by atoms with Crippen molar-refractivity contribution in [1.29, 1.82) is 0 Å². The molecule has 2 amide bonds. The van der Waals surface area contributed by atoms with Gasteiger partial charge in [-0.1, -0.05) is 36.4 Å². The van der Waals surface area contributed by atoms with Crippen molar-refractivity contribution >= 4 is 23.2 Å². The first-order valence-electron chi connectivity index (χ1n) is 11.7. The number of furan rings is 1. The normalized spacial score (nSPS) is 12.1. The third kappa shape index (κ3) is 4.34. The lowest BCUT2D eigenvalue weighted by Crippen LogP contribution is -2.29. The molecule has 1 aliphatic rings. The zero-order valence-electron chi connectivity index (χ0n) is 19.6. The quantitative estimate of drug-likeness (QED) is 0.311. The fourth-order valence-electron chi connectivity index (χ4n) is 4.32. The molecule has 0 unspecified atom stereocenters. The molecule has 6 rings (SSSR count). The number of anilines is 2. The molecule has 180 valence electrons. The molecule has 2 aromatic heterocycles. The maximum atomic E-state index is 13.6. The number of pyridine rings is 1. The van der Waals surface area contributed by atoms with Crippen LogP contribution in [0.5, 0.6) is 11.6 Å². The number of benzene rings is 3. The molecule has 1 aliphatic heterocycles. The summed E-state index contributed by atoms with van der Waals surface area (Å²) in [6, 6.07) is 28.8. The summed E-state index contributed by atoms with van der Waals surface area (Å²) in [5.74, 6) is 1.21. The van der Waals surface area contributed by atoms with Crippen LogP contribution in [-0.4, -0.2) is 16.8 Å². The predicted molar refractivity (Wildman–Crippen MR) is 140 cm³/mol. The number of nitrogens with one attached hydrogen (secondary N) is 1. The Balaban J connectivity index is 1.24. The van der Waals surface area contributed by atoms with Gasteiger partial charge in [-0.3, -0.25) is 9.59 Å². The van der Waals surface area contributed by atoms with Crippen LogP contribution in [0.2, 0.25) is 0 Å². The molecule has 3 aromatic carbocycles. The smallest absolute Gasteiger partial charge is 0.258 e. The Labute approximate surface area is 213 Å². The van der Waals surface area contributed by atoms with E-state index in [1.807, 2.05) is 54.6 Å². The topological polar surface area (TPSA) is 84.7 Å². The molecule has 5 aromatic rings. The van der Waals surface area contributed by atoms with Crippen LogP contribution in [0.3, 0.4) is 0 Å². The molecule has 7 heteroatoms. The van der Waals surface area contributed by atoms with Gasteiger partial charge in [-0.15, -0.1) is 0 Å². The molecule has 3 heterocycles. The standard InChI is InChI=1S/C30H21N3O4/c34-28(24-9-2-1-8-23(24)26-12-6-18-36-26)32-22-15-13-20(14-16-22)30(35)33-19-21-7-5-17-31-29(21)37-27-11-4-3-10-25(27)33/h1-18H,19H2,(H,32,34). The summed E-state index contributed by atoms with van der Waals surface area (Å²) in [5, 5.41) is 2.91. The zero-order valence-corrected chi connectivity index (χ0v) is 19.6. The number of hydrogen-bond acceptors (Lipinski definition) is 5. The van der Waals surface area contributed by atoms with Crippen LogP contribution < -0.4 is 15.0 Å². The Morgan fingerprint density at radius 3 is 2.49 bits per heavy atom. The summed E-state index contributed by atoms with van der Waals surface area (Å²) in [5.41, 5.74) is 3.73. The maximum absolute atomic E-state index is 13.6. The molecule has 0 saturated carbocycles. The minimum absolute atomic E-state index is 0.186. The summed E-state index contributed by atoms with van der Waals surface area (Å²) in [6.07, 6.45) is 3.24. The van der Waals surface area contributed by atoms with Gasteiger partial charge >= 0.3 is 0 Å². The Hall–Kier alpha value is -5.17. The van der Waals surface area contributed by atoms with Gasteiger partial charge in [0.05, 0.1) is 24.1 Å². The first-order chi connectivity index (χ1) is 18.2. The van der Waals surface area contributed by atoms with Crippen molar-refractivity contribution in [2.24, 2.45) is 0 Å². The van der Waals surface area contributed by atoms with Gasteiger partial charge in [-0.25, -0.2) is 4.98 Å². The second-order valence-electron chi connectivity index (χ2n) is 8.48. The summed E-state index contributed by atoms with van der Waals surface area (Å²) >= 11 is 0. The second-order valence-corrected chi connectivity index (χ2v) is 8.48. The zero-order chi connectivity index (χ0) is 25.2. The maximum Gasteiger partial charge on any atom is 0.258 e. The van der Waals surface area contributed by atoms with Crippen molar-refractivity contribution < 1.29 is 18.7 Å². The lowest BCUT2D eigenvalue weighted by Gasteiger charge is -2.22. The number of hydrogen-bond donors (Lipinski definition) is 1. The Kier molecular flexibility index (Phi) is 5.71. The number of para-hydroxylation sites is 2. The minimum atomic E-state index is -0.270. The summed E-state index contributed by atoms with van der Waals surface area (Å²) in [7, 11) is 0. The van der Waals surface area contributed by atoms with E-state index in [1.165, 1.54) is 0 Å². The van der Waals surface area contributed by atoms with Crippen LogP contribution in [0, 0.1) is 0 Å². The number of carbonyl (C=O) groups excluding carboxylic acids is 2. The van der Waals surface area contributed by atoms with Crippen molar-refractivity contribution in [3.63, 3.8) is 0 Å². The molecule has 1 N–H and O–H groups in total. The van der Waals surface area contributed by atoms with E-state index in [-0.39, 0.29) is 11.8 Å². The van der Waals surface area contributed by atoms with Crippen molar-refractivity contribution in [3.05, 3.63) is 126 Å². The molecular formula is C30H21N3O4.